The van der Waals surface area contributed by atoms with Crippen molar-refractivity contribution in [2.45, 2.75) is 40.2 Å². The van der Waals surface area contributed by atoms with Gasteiger partial charge in [-0.1, -0.05) is 52.0 Å². The molecule has 1 rings (SSSR count). The molecule has 0 aliphatic rings. The van der Waals surface area contributed by atoms with E-state index in [9.17, 15) is 9.59 Å². The maximum atomic E-state index is 12.0. The largest absolute Gasteiger partial charge is 0.347 e. The van der Waals surface area contributed by atoms with Crippen molar-refractivity contribution in [3.05, 3.63) is 35.4 Å². The molecule has 0 saturated carbocycles. The molecular formula is C20H33N3O2. The minimum atomic E-state index is -0.169. The Bertz CT molecular complexity index is 551. The smallest absolute Gasteiger partial charge is 0.241 e. The van der Waals surface area contributed by atoms with E-state index in [1.807, 2.05) is 0 Å². The molecule has 5 heteroatoms. The summed E-state index contributed by atoms with van der Waals surface area (Å²) in [4.78, 5) is 24.9. The van der Waals surface area contributed by atoms with Gasteiger partial charge in [-0.15, -0.1) is 0 Å². The summed E-state index contributed by atoms with van der Waals surface area (Å²) >= 11 is 0. The van der Waals surface area contributed by atoms with E-state index in [0.717, 1.165) is 6.42 Å². The number of hydrogen-bond acceptors (Lipinski definition) is 3. The molecule has 0 unspecified atom stereocenters. The number of rotatable bonds is 9. The number of amides is 2. The van der Waals surface area contributed by atoms with Gasteiger partial charge < -0.3 is 15.5 Å². The van der Waals surface area contributed by atoms with Crippen LogP contribution in [0.3, 0.4) is 0 Å². The minimum absolute atomic E-state index is 0.0315. The van der Waals surface area contributed by atoms with Crippen LogP contribution in [0.2, 0.25) is 0 Å². The van der Waals surface area contributed by atoms with Crippen molar-refractivity contribution in [3.8, 4) is 0 Å². The van der Waals surface area contributed by atoms with E-state index in [-0.39, 0.29) is 30.9 Å². The van der Waals surface area contributed by atoms with E-state index in [2.05, 4.69) is 62.6 Å². The zero-order valence-corrected chi connectivity index (χ0v) is 16.4. The fourth-order valence-corrected chi connectivity index (χ4v) is 2.67. The average Bonchev–Trinajstić information content (AvgIpc) is 2.53. The van der Waals surface area contributed by atoms with E-state index in [1.54, 1.807) is 14.1 Å². The Balaban J connectivity index is 2.59. The van der Waals surface area contributed by atoms with Crippen LogP contribution in [0.25, 0.3) is 0 Å². The molecule has 25 heavy (non-hydrogen) atoms. The summed E-state index contributed by atoms with van der Waals surface area (Å²) in [6.07, 6.45) is 1.07. The topological polar surface area (TPSA) is 61.4 Å². The third-order valence-corrected chi connectivity index (χ3v) is 4.07. The Morgan fingerprint density at radius 3 is 2.08 bits per heavy atom. The van der Waals surface area contributed by atoms with E-state index in [0.29, 0.717) is 11.8 Å². The highest BCUT2D eigenvalue weighted by molar-refractivity contribution is 5.85. The molecule has 1 atom stereocenters. The Morgan fingerprint density at radius 2 is 1.60 bits per heavy atom. The van der Waals surface area contributed by atoms with Gasteiger partial charge in [0.25, 0.3) is 0 Å². The Morgan fingerprint density at radius 1 is 1.00 bits per heavy atom. The van der Waals surface area contributed by atoms with Gasteiger partial charge in [0.1, 0.15) is 0 Å². The van der Waals surface area contributed by atoms with Gasteiger partial charge in [0, 0.05) is 20.1 Å². The Labute approximate surface area is 152 Å². The zero-order valence-electron chi connectivity index (χ0n) is 16.4. The first-order valence-electron chi connectivity index (χ1n) is 8.99. The summed E-state index contributed by atoms with van der Waals surface area (Å²) < 4.78 is 0. The predicted octanol–water partition coefficient (Wildman–Crippen LogP) is 2.38. The highest BCUT2D eigenvalue weighted by atomic mass is 16.2. The minimum Gasteiger partial charge on any atom is -0.347 e. The molecule has 0 aliphatic heterocycles. The molecule has 0 spiro atoms. The number of nitrogens with zero attached hydrogens (tertiary/aromatic N) is 1. The normalized spacial score (nSPS) is 12.3. The molecule has 0 bridgehead atoms. The van der Waals surface area contributed by atoms with Crippen LogP contribution >= 0.6 is 0 Å². The Hall–Kier alpha value is -1.88. The number of hydrogen-bond donors (Lipinski definition) is 2. The van der Waals surface area contributed by atoms with E-state index < -0.39 is 0 Å². The number of carbonyl (C=O) groups is 2. The first kappa shape index (κ1) is 21.2. The van der Waals surface area contributed by atoms with E-state index in [1.165, 1.54) is 16.0 Å². The van der Waals surface area contributed by atoms with Crippen molar-refractivity contribution in [1.29, 1.82) is 0 Å². The summed E-state index contributed by atoms with van der Waals surface area (Å²) in [5, 5.41) is 5.96. The van der Waals surface area contributed by atoms with Crippen molar-refractivity contribution in [1.82, 2.24) is 15.5 Å². The molecule has 0 aliphatic carbocycles. The fraction of sp³-hybridized carbons (Fsp3) is 0.600. The summed E-state index contributed by atoms with van der Waals surface area (Å²) in [5.41, 5.74) is 2.51. The van der Waals surface area contributed by atoms with Crippen molar-refractivity contribution in [2.24, 2.45) is 11.8 Å². The van der Waals surface area contributed by atoms with Gasteiger partial charge in [0.05, 0.1) is 13.1 Å². The standard InChI is InChI=1S/C20H33N3O2/c1-14(2)11-16-7-9-17(10-8-16)20(15(3)4)22-12-18(24)21-13-19(25)23(5)6/h7-10,14-15,20,22H,11-13H2,1-6H3,(H,21,24)/t20-/m0/s1. The molecule has 1 aromatic carbocycles. The van der Waals surface area contributed by atoms with E-state index >= 15 is 0 Å². The van der Waals surface area contributed by atoms with Crippen LogP contribution in [0.15, 0.2) is 24.3 Å². The lowest BCUT2D eigenvalue weighted by atomic mass is 9.94. The fourth-order valence-electron chi connectivity index (χ4n) is 2.67. The second-order valence-corrected chi connectivity index (χ2v) is 7.51. The first-order chi connectivity index (χ1) is 11.7. The second-order valence-electron chi connectivity index (χ2n) is 7.51. The van der Waals surface area contributed by atoms with Crippen molar-refractivity contribution >= 4 is 11.8 Å². The van der Waals surface area contributed by atoms with Gasteiger partial charge in [0.15, 0.2) is 0 Å². The van der Waals surface area contributed by atoms with Crippen LogP contribution in [-0.4, -0.2) is 43.9 Å². The SMILES string of the molecule is CC(C)Cc1ccc([C@@H](NCC(=O)NCC(=O)N(C)C)C(C)C)cc1. The molecular weight excluding hydrogens is 314 g/mol. The lowest BCUT2D eigenvalue weighted by Crippen LogP contribution is -2.41. The monoisotopic (exact) mass is 347 g/mol. The number of likely N-dealkylation sites (N-methyl/N-ethyl adjacent to an activating group) is 1. The lowest BCUT2D eigenvalue weighted by Gasteiger charge is -2.23. The lowest BCUT2D eigenvalue weighted by molar-refractivity contribution is -0.130. The first-order valence-corrected chi connectivity index (χ1v) is 8.99. The van der Waals surface area contributed by atoms with Crippen molar-refractivity contribution < 1.29 is 9.59 Å². The molecule has 2 N–H and O–H groups in total. The van der Waals surface area contributed by atoms with Crippen LogP contribution in [0.1, 0.15) is 44.9 Å². The molecule has 1 aromatic rings. The second kappa shape index (κ2) is 10.2. The molecule has 0 saturated heterocycles. The van der Waals surface area contributed by atoms with Gasteiger partial charge in [-0.2, -0.15) is 0 Å². The van der Waals surface area contributed by atoms with Crippen LogP contribution in [0, 0.1) is 11.8 Å². The quantitative estimate of drug-likeness (QED) is 0.721. The highest BCUT2D eigenvalue weighted by Crippen LogP contribution is 2.22. The van der Waals surface area contributed by atoms with Crippen LogP contribution < -0.4 is 10.6 Å². The van der Waals surface area contributed by atoms with Crippen LogP contribution in [-0.2, 0) is 16.0 Å². The highest BCUT2D eigenvalue weighted by Gasteiger charge is 2.17. The van der Waals surface area contributed by atoms with Crippen LogP contribution in [0.4, 0.5) is 0 Å². The van der Waals surface area contributed by atoms with Crippen molar-refractivity contribution in [2.75, 3.05) is 27.2 Å². The molecule has 0 heterocycles. The van der Waals surface area contributed by atoms with Gasteiger partial charge in [-0.25, -0.2) is 0 Å². The van der Waals surface area contributed by atoms with Crippen molar-refractivity contribution in [3.63, 3.8) is 0 Å². The van der Waals surface area contributed by atoms with E-state index in [4.69, 9.17) is 0 Å². The third-order valence-electron chi connectivity index (χ3n) is 4.07. The van der Waals surface area contributed by atoms with Gasteiger partial charge in [0.2, 0.25) is 11.8 Å². The number of benzene rings is 1. The number of nitrogens with one attached hydrogen (secondary N) is 2. The summed E-state index contributed by atoms with van der Waals surface area (Å²) in [6, 6.07) is 8.72. The van der Waals surface area contributed by atoms with Gasteiger partial charge in [-0.05, 0) is 29.4 Å². The Kier molecular flexibility index (Phi) is 8.62. The van der Waals surface area contributed by atoms with Gasteiger partial charge >= 0.3 is 0 Å². The summed E-state index contributed by atoms with van der Waals surface area (Å²) in [7, 11) is 3.34. The number of carbonyl (C=O) groups excluding carboxylic acids is 2. The average molecular weight is 348 g/mol. The molecule has 0 aromatic heterocycles. The molecule has 2 amide bonds. The van der Waals surface area contributed by atoms with Gasteiger partial charge in [-0.3, -0.25) is 9.59 Å². The molecule has 0 radical (unpaired) electrons. The maximum Gasteiger partial charge on any atom is 0.241 e. The zero-order chi connectivity index (χ0) is 19.0. The third kappa shape index (κ3) is 7.69. The maximum absolute atomic E-state index is 12.0. The summed E-state index contributed by atoms with van der Waals surface area (Å²) in [5.74, 6) is 0.706. The molecule has 0 fully saturated rings. The molecule has 5 nitrogen and oxygen atoms in total. The predicted molar refractivity (Wildman–Crippen MR) is 102 cm³/mol. The summed E-state index contributed by atoms with van der Waals surface area (Å²) in [6.45, 7) is 8.92. The molecule has 140 valence electrons. The van der Waals surface area contributed by atoms with Crippen LogP contribution in [0.5, 0.6) is 0 Å².